The second-order valence-corrected chi connectivity index (χ2v) is 6.49. The van der Waals surface area contributed by atoms with Gasteiger partial charge in [0.15, 0.2) is 0 Å². The van der Waals surface area contributed by atoms with E-state index in [4.69, 9.17) is 21.1 Å². The number of amides is 2. The summed E-state index contributed by atoms with van der Waals surface area (Å²) in [5.74, 6) is -0.861. The Morgan fingerprint density at radius 1 is 1.44 bits per heavy atom. The van der Waals surface area contributed by atoms with Gasteiger partial charge in [-0.1, -0.05) is 17.7 Å². The number of nitrogens with one attached hydrogen (secondary N) is 1. The van der Waals surface area contributed by atoms with Crippen molar-refractivity contribution < 1.29 is 23.5 Å². The molecule has 0 saturated carbocycles. The zero-order valence-corrected chi connectivity index (χ0v) is 15.0. The molecular formula is C17H22ClFN2O4. The minimum Gasteiger partial charge on any atom is -0.379 e. The van der Waals surface area contributed by atoms with Crippen molar-refractivity contribution in [2.75, 3.05) is 33.9 Å². The van der Waals surface area contributed by atoms with Gasteiger partial charge in [0, 0.05) is 25.7 Å². The fourth-order valence-corrected chi connectivity index (χ4v) is 2.69. The van der Waals surface area contributed by atoms with Gasteiger partial charge in [-0.2, -0.15) is 0 Å². The predicted molar refractivity (Wildman–Crippen MR) is 90.9 cm³/mol. The van der Waals surface area contributed by atoms with Gasteiger partial charge < -0.3 is 19.7 Å². The monoisotopic (exact) mass is 372 g/mol. The molecule has 1 aliphatic rings. The van der Waals surface area contributed by atoms with Gasteiger partial charge in [-0.25, -0.2) is 4.39 Å². The largest absolute Gasteiger partial charge is 0.379 e. The number of ether oxygens (including phenoxy) is 2. The Bertz CT molecular complexity index is 627. The van der Waals surface area contributed by atoms with E-state index < -0.39 is 5.82 Å². The molecule has 1 fully saturated rings. The molecule has 1 aromatic carbocycles. The number of hydrogen-bond donors (Lipinski definition) is 1. The average Bonchev–Trinajstić information content (AvgIpc) is 2.56. The third kappa shape index (κ3) is 5.95. The maximum Gasteiger partial charge on any atom is 0.248 e. The molecule has 0 spiro atoms. The van der Waals surface area contributed by atoms with E-state index in [2.05, 4.69) is 5.32 Å². The number of likely N-dealkylation sites (N-methyl/N-ethyl adjacent to an activating group) is 1. The van der Waals surface area contributed by atoms with Crippen molar-refractivity contribution in [2.45, 2.75) is 25.0 Å². The quantitative estimate of drug-likeness (QED) is 0.819. The highest BCUT2D eigenvalue weighted by Gasteiger charge is 2.28. The highest BCUT2D eigenvalue weighted by atomic mass is 35.5. The number of hydrogen-bond acceptors (Lipinski definition) is 4. The number of carbonyl (C=O) groups is 2. The summed E-state index contributed by atoms with van der Waals surface area (Å²) in [6.45, 7) is 0.772. The van der Waals surface area contributed by atoms with Gasteiger partial charge in [-0.15, -0.1) is 0 Å². The van der Waals surface area contributed by atoms with Crippen molar-refractivity contribution in [1.29, 1.82) is 0 Å². The minimum absolute atomic E-state index is 0.0267. The lowest BCUT2D eigenvalue weighted by molar-refractivity contribution is -0.140. The van der Waals surface area contributed by atoms with Crippen molar-refractivity contribution in [2.24, 2.45) is 0 Å². The molecule has 138 valence electrons. The fraction of sp³-hybridized carbons (Fsp3) is 0.529. The van der Waals surface area contributed by atoms with Crippen LogP contribution in [0.2, 0.25) is 5.02 Å². The number of carbonyl (C=O) groups excluding carboxylic acids is 2. The standard InChI is InChI=1S/C17H22ClFN2O4/c1-21(2)17(23)10-25-15-5-6-24-9-14(15)20-16(22)7-11-3-4-12(19)8-13(11)18/h3-4,8,14-15H,5-7,9-10H2,1-2H3,(H,20,22)/t14-,15+/m0/s1. The van der Waals surface area contributed by atoms with Crippen LogP contribution in [-0.4, -0.2) is 62.8 Å². The van der Waals surface area contributed by atoms with Crippen molar-refractivity contribution in [3.63, 3.8) is 0 Å². The summed E-state index contributed by atoms with van der Waals surface area (Å²) in [6, 6.07) is 3.57. The molecule has 8 heteroatoms. The van der Waals surface area contributed by atoms with E-state index in [1.54, 1.807) is 14.1 Å². The minimum atomic E-state index is -0.450. The zero-order chi connectivity index (χ0) is 18.4. The molecule has 1 aromatic rings. The molecule has 0 radical (unpaired) electrons. The van der Waals surface area contributed by atoms with Crippen molar-refractivity contribution in [3.05, 3.63) is 34.6 Å². The van der Waals surface area contributed by atoms with Gasteiger partial charge in [0.05, 0.1) is 25.2 Å². The van der Waals surface area contributed by atoms with E-state index in [0.717, 1.165) is 0 Å². The van der Waals surface area contributed by atoms with Crippen molar-refractivity contribution >= 4 is 23.4 Å². The molecule has 1 aliphatic heterocycles. The number of halogens is 2. The van der Waals surface area contributed by atoms with Gasteiger partial charge >= 0.3 is 0 Å². The first-order valence-electron chi connectivity index (χ1n) is 7.99. The second-order valence-electron chi connectivity index (χ2n) is 6.09. The zero-order valence-electron chi connectivity index (χ0n) is 14.3. The highest BCUT2D eigenvalue weighted by Crippen LogP contribution is 2.18. The SMILES string of the molecule is CN(C)C(=O)CO[C@@H]1CCOC[C@@H]1NC(=O)Cc1ccc(F)cc1Cl. The second kappa shape index (κ2) is 9.12. The van der Waals surface area contributed by atoms with E-state index in [0.29, 0.717) is 25.2 Å². The number of benzene rings is 1. The van der Waals surface area contributed by atoms with Crippen LogP contribution < -0.4 is 5.32 Å². The summed E-state index contributed by atoms with van der Waals surface area (Å²) in [6.07, 6.45) is 0.312. The summed E-state index contributed by atoms with van der Waals surface area (Å²) in [4.78, 5) is 25.4. The summed E-state index contributed by atoms with van der Waals surface area (Å²) in [5.41, 5.74) is 0.539. The Kier molecular flexibility index (Phi) is 7.16. The third-order valence-electron chi connectivity index (χ3n) is 3.93. The van der Waals surface area contributed by atoms with E-state index in [1.165, 1.54) is 23.1 Å². The molecule has 0 unspecified atom stereocenters. The number of rotatable bonds is 6. The van der Waals surface area contributed by atoms with Gasteiger partial charge in [-0.05, 0) is 24.1 Å². The molecule has 2 amide bonds. The van der Waals surface area contributed by atoms with Gasteiger partial charge in [-0.3, -0.25) is 9.59 Å². The van der Waals surface area contributed by atoms with Crippen LogP contribution in [-0.2, 0) is 25.5 Å². The maximum absolute atomic E-state index is 13.1. The predicted octanol–water partition coefficient (Wildman–Crippen LogP) is 1.40. The smallest absolute Gasteiger partial charge is 0.248 e. The number of nitrogens with zero attached hydrogens (tertiary/aromatic N) is 1. The fourth-order valence-electron chi connectivity index (χ4n) is 2.46. The van der Waals surface area contributed by atoms with Crippen LogP contribution in [0.15, 0.2) is 18.2 Å². The molecule has 2 rings (SSSR count). The van der Waals surface area contributed by atoms with Gasteiger partial charge in [0.2, 0.25) is 11.8 Å². The van der Waals surface area contributed by atoms with Gasteiger partial charge in [0.1, 0.15) is 12.4 Å². The lowest BCUT2D eigenvalue weighted by atomic mass is 10.1. The van der Waals surface area contributed by atoms with Crippen molar-refractivity contribution in [1.82, 2.24) is 10.2 Å². The molecule has 1 heterocycles. The van der Waals surface area contributed by atoms with Crippen molar-refractivity contribution in [3.8, 4) is 0 Å². The third-order valence-corrected chi connectivity index (χ3v) is 4.28. The normalized spacial score (nSPS) is 20.2. The van der Waals surface area contributed by atoms with Crippen LogP contribution >= 0.6 is 11.6 Å². The Morgan fingerprint density at radius 2 is 2.20 bits per heavy atom. The highest BCUT2D eigenvalue weighted by molar-refractivity contribution is 6.31. The van der Waals surface area contributed by atoms with Crippen LogP contribution in [0.1, 0.15) is 12.0 Å². The molecule has 6 nitrogen and oxygen atoms in total. The van der Waals surface area contributed by atoms with Crippen LogP contribution in [0.3, 0.4) is 0 Å². The summed E-state index contributed by atoms with van der Waals surface area (Å²) in [5, 5.41) is 3.05. The average molecular weight is 373 g/mol. The Hall–Kier alpha value is -1.70. The first kappa shape index (κ1) is 19.6. The van der Waals surface area contributed by atoms with E-state index in [9.17, 15) is 14.0 Å². The van der Waals surface area contributed by atoms with Crippen LogP contribution in [0, 0.1) is 5.82 Å². The molecule has 25 heavy (non-hydrogen) atoms. The first-order valence-corrected chi connectivity index (χ1v) is 8.37. The van der Waals surface area contributed by atoms with Crippen LogP contribution in [0.5, 0.6) is 0 Å². The molecule has 0 aliphatic carbocycles. The van der Waals surface area contributed by atoms with Crippen LogP contribution in [0.4, 0.5) is 4.39 Å². The topological polar surface area (TPSA) is 67.9 Å². The molecule has 2 atom stereocenters. The lowest BCUT2D eigenvalue weighted by Crippen LogP contribution is -2.51. The summed E-state index contributed by atoms with van der Waals surface area (Å²) in [7, 11) is 3.31. The first-order chi connectivity index (χ1) is 11.9. The Morgan fingerprint density at radius 3 is 2.88 bits per heavy atom. The molecule has 0 bridgehead atoms. The van der Waals surface area contributed by atoms with Crippen LogP contribution in [0.25, 0.3) is 0 Å². The molecule has 1 saturated heterocycles. The summed E-state index contributed by atoms with van der Waals surface area (Å²) >= 11 is 5.95. The van der Waals surface area contributed by atoms with E-state index >= 15 is 0 Å². The van der Waals surface area contributed by atoms with E-state index in [-0.39, 0.29) is 42.0 Å². The molecule has 0 aromatic heterocycles. The van der Waals surface area contributed by atoms with Gasteiger partial charge in [0.25, 0.3) is 0 Å². The molecular weight excluding hydrogens is 351 g/mol. The molecule has 1 N–H and O–H groups in total. The van der Waals surface area contributed by atoms with E-state index in [1.807, 2.05) is 0 Å². The Labute approximate surface area is 151 Å². The lowest BCUT2D eigenvalue weighted by Gasteiger charge is -2.32. The maximum atomic E-state index is 13.1. The Balaban J connectivity index is 1.91. The summed E-state index contributed by atoms with van der Waals surface area (Å²) < 4.78 is 24.1.